The number of carbonyl (C=O) groups is 2. The van der Waals surface area contributed by atoms with Gasteiger partial charge in [-0.2, -0.15) is 0 Å². The summed E-state index contributed by atoms with van der Waals surface area (Å²) in [6.07, 6.45) is 7.62. The van der Waals surface area contributed by atoms with Crippen LogP contribution in [-0.2, 0) is 16.0 Å². The number of carbonyl (C=O) groups excluding carboxylic acids is 2. The van der Waals surface area contributed by atoms with E-state index in [-0.39, 0.29) is 17.9 Å². The molecule has 4 nitrogen and oxygen atoms in total. The van der Waals surface area contributed by atoms with Gasteiger partial charge in [-0.15, -0.1) is 11.8 Å². The zero-order chi connectivity index (χ0) is 23.5. The summed E-state index contributed by atoms with van der Waals surface area (Å²) in [5.41, 5.74) is 1.17. The number of benzene rings is 2. The maximum Gasteiger partial charge on any atom is 0.242 e. The van der Waals surface area contributed by atoms with E-state index in [2.05, 4.69) is 17.4 Å². The van der Waals surface area contributed by atoms with Gasteiger partial charge in [-0.05, 0) is 68.2 Å². The van der Waals surface area contributed by atoms with Crippen molar-refractivity contribution in [1.29, 1.82) is 0 Å². The molecule has 2 amide bonds. The Kier molecular flexibility index (Phi) is 10.6. The molecule has 3 rings (SSSR count). The largest absolute Gasteiger partial charge is 0.352 e. The minimum absolute atomic E-state index is 0.0288. The molecule has 1 N–H and O–H groups in total. The van der Waals surface area contributed by atoms with Crippen molar-refractivity contribution in [2.24, 2.45) is 0 Å². The van der Waals surface area contributed by atoms with Crippen molar-refractivity contribution >= 4 is 35.2 Å². The zero-order valence-corrected chi connectivity index (χ0v) is 21.0. The maximum atomic E-state index is 13.2. The van der Waals surface area contributed by atoms with Crippen LogP contribution in [0.5, 0.6) is 0 Å². The summed E-state index contributed by atoms with van der Waals surface area (Å²) in [5, 5.41) is 3.92. The van der Waals surface area contributed by atoms with E-state index in [1.54, 1.807) is 16.7 Å². The highest BCUT2D eigenvalue weighted by Gasteiger charge is 2.27. The van der Waals surface area contributed by atoms with Gasteiger partial charge in [0.25, 0.3) is 0 Å². The van der Waals surface area contributed by atoms with Gasteiger partial charge in [-0.25, -0.2) is 0 Å². The Morgan fingerprint density at radius 3 is 2.45 bits per heavy atom. The highest BCUT2D eigenvalue weighted by Crippen LogP contribution is 2.22. The molecule has 33 heavy (non-hydrogen) atoms. The number of amides is 2. The molecule has 0 aliphatic heterocycles. The van der Waals surface area contributed by atoms with E-state index in [1.807, 2.05) is 49.4 Å². The van der Waals surface area contributed by atoms with Crippen LogP contribution in [0.2, 0.25) is 5.02 Å². The topological polar surface area (TPSA) is 49.4 Å². The second-order valence-electron chi connectivity index (χ2n) is 8.75. The van der Waals surface area contributed by atoms with E-state index >= 15 is 0 Å². The Bertz CT molecular complexity index is 869. The van der Waals surface area contributed by atoms with Crippen molar-refractivity contribution < 1.29 is 9.59 Å². The van der Waals surface area contributed by atoms with Gasteiger partial charge >= 0.3 is 0 Å². The Labute approximate surface area is 207 Å². The van der Waals surface area contributed by atoms with Gasteiger partial charge in [0.1, 0.15) is 6.04 Å². The summed E-state index contributed by atoms with van der Waals surface area (Å²) in [6.45, 7) is 2.41. The van der Waals surface area contributed by atoms with Gasteiger partial charge in [0.2, 0.25) is 11.8 Å². The SMILES string of the molecule is CC(C(=O)NC1CCCCC1)N(CCc1ccccc1)C(=O)CCCSc1ccc(Cl)cc1. The van der Waals surface area contributed by atoms with Crippen LogP contribution in [0.15, 0.2) is 59.5 Å². The lowest BCUT2D eigenvalue weighted by atomic mass is 9.95. The molecule has 1 saturated carbocycles. The molecule has 0 saturated heterocycles. The molecule has 6 heteroatoms. The predicted octanol–water partition coefficient (Wildman–Crippen LogP) is 6.12. The third-order valence-corrected chi connectivity index (χ3v) is 7.57. The molecule has 0 aromatic heterocycles. The van der Waals surface area contributed by atoms with Crippen molar-refractivity contribution in [2.45, 2.75) is 75.3 Å². The Balaban J connectivity index is 1.55. The van der Waals surface area contributed by atoms with Crippen molar-refractivity contribution in [2.75, 3.05) is 12.3 Å². The fraction of sp³-hybridized carbons (Fsp3) is 0.481. The molecule has 0 spiro atoms. The first-order valence-electron chi connectivity index (χ1n) is 12.0. The number of hydrogen-bond donors (Lipinski definition) is 1. The monoisotopic (exact) mass is 486 g/mol. The third kappa shape index (κ3) is 8.71. The molecule has 1 unspecified atom stereocenters. The molecule has 1 fully saturated rings. The highest BCUT2D eigenvalue weighted by atomic mass is 35.5. The molecule has 2 aromatic carbocycles. The van der Waals surface area contributed by atoms with Crippen LogP contribution in [0.1, 0.15) is 57.4 Å². The van der Waals surface area contributed by atoms with Crippen LogP contribution >= 0.6 is 23.4 Å². The summed E-state index contributed by atoms with van der Waals surface area (Å²) in [4.78, 5) is 29.1. The third-order valence-electron chi connectivity index (χ3n) is 6.22. The van der Waals surface area contributed by atoms with Gasteiger partial charge < -0.3 is 10.2 Å². The summed E-state index contributed by atoms with van der Waals surface area (Å²) >= 11 is 7.67. The number of halogens is 1. The summed E-state index contributed by atoms with van der Waals surface area (Å²) in [5.74, 6) is 0.871. The van der Waals surface area contributed by atoms with Gasteiger partial charge in [-0.1, -0.05) is 61.2 Å². The first kappa shape index (κ1) is 25.6. The molecule has 0 heterocycles. The second kappa shape index (κ2) is 13.7. The average molecular weight is 487 g/mol. The molecular formula is C27H35ClN2O2S. The molecule has 1 atom stereocenters. The molecular weight excluding hydrogens is 452 g/mol. The second-order valence-corrected chi connectivity index (χ2v) is 10.4. The van der Waals surface area contributed by atoms with Crippen molar-refractivity contribution in [3.63, 3.8) is 0 Å². The molecule has 2 aromatic rings. The lowest BCUT2D eigenvalue weighted by molar-refractivity contribution is -0.140. The molecule has 0 bridgehead atoms. The predicted molar refractivity (Wildman–Crippen MR) is 138 cm³/mol. The van der Waals surface area contributed by atoms with Crippen LogP contribution < -0.4 is 5.32 Å². The van der Waals surface area contributed by atoms with E-state index in [4.69, 9.17) is 11.6 Å². The van der Waals surface area contributed by atoms with Crippen LogP contribution in [0.3, 0.4) is 0 Å². The van der Waals surface area contributed by atoms with Crippen molar-refractivity contribution in [3.8, 4) is 0 Å². The van der Waals surface area contributed by atoms with E-state index in [0.717, 1.165) is 41.4 Å². The molecule has 178 valence electrons. The average Bonchev–Trinajstić information content (AvgIpc) is 2.84. The van der Waals surface area contributed by atoms with Gasteiger partial charge in [0.05, 0.1) is 0 Å². The minimum atomic E-state index is -0.466. The van der Waals surface area contributed by atoms with Crippen LogP contribution in [0, 0.1) is 0 Å². The molecule has 1 aliphatic rings. The smallest absolute Gasteiger partial charge is 0.242 e. The lowest BCUT2D eigenvalue weighted by Crippen LogP contribution is -2.51. The van der Waals surface area contributed by atoms with Crippen molar-refractivity contribution in [3.05, 3.63) is 65.2 Å². The summed E-state index contributed by atoms with van der Waals surface area (Å²) in [7, 11) is 0. The normalized spacial score (nSPS) is 15.1. The Hall–Kier alpha value is -1.98. The number of nitrogens with zero attached hydrogens (tertiary/aromatic N) is 1. The number of rotatable bonds is 11. The molecule has 1 aliphatic carbocycles. The Morgan fingerprint density at radius 2 is 1.76 bits per heavy atom. The summed E-state index contributed by atoms with van der Waals surface area (Å²) < 4.78 is 0. The first-order chi connectivity index (χ1) is 16.0. The van der Waals surface area contributed by atoms with Gasteiger partial charge in [-0.3, -0.25) is 9.59 Å². The van der Waals surface area contributed by atoms with E-state index in [9.17, 15) is 9.59 Å². The maximum absolute atomic E-state index is 13.2. The van der Waals surface area contributed by atoms with Crippen molar-refractivity contribution in [1.82, 2.24) is 10.2 Å². The fourth-order valence-corrected chi connectivity index (χ4v) is 5.21. The number of nitrogens with one attached hydrogen (secondary N) is 1. The highest BCUT2D eigenvalue weighted by molar-refractivity contribution is 7.99. The minimum Gasteiger partial charge on any atom is -0.352 e. The van der Waals surface area contributed by atoms with Gasteiger partial charge in [0.15, 0.2) is 0 Å². The quantitative estimate of drug-likeness (QED) is 0.307. The summed E-state index contributed by atoms with van der Waals surface area (Å²) in [6, 6.07) is 17.7. The van der Waals surface area contributed by atoms with Crippen LogP contribution in [0.25, 0.3) is 0 Å². The van der Waals surface area contributed by atoms with Crippen LogP contribution in [0.4, 0.5) is 0 Å². The molecule has 0 radical (unpaired) electrons. The van der Waals surface area contributed by atoms with E-state index < -0.39 is 6.04 Å². The van der Waals surface area contributed by atoms with E-state index in [0.29, 0.717) is 13.0 Å². The number of thioether (sulfide) groups is 1. The first-order valence-corrected chi connectivity index (χ1v) is 13.4. The standard InChI is InChI=1S/C27H35ClN2O2S/c1-21(27(32)29-24-11-6-3-7-12-24)30(19-18-22-9-4-2-5-10-22)26(31)13-8-20-33-25-16-14-23(28)15-17-25/h2,4-5,9-10,14-17,21,24H,3,6-8,11-13,18-20H2,1H3,(H,29,32). The van der Waals surface area contributed by atoms with Gasteiger partial charge in [0, 0.05) is 28.9 Å². The van der Waals surface area contributed by atoms with E-state index in [1.165, 1.54) is 24.8 Å². The fourth-order valence-electron chi connectivity index (χ4n) is 4.23. The zero-order valence-electron chi connectivity index (χ0n) is 19.5. The Morgan fingerprint density at radius 1 is 1.06 bits per heavy atom. The van der Waals surface area contributed by atoms with Crippen LogP contribution in [-0.4, -0.2) is 41.1 Å². The lowest BCUT2D eigenvalue weighted by Gasteiger charge is -2.31. The number of hydrogen-bond acceptors (Lipinski definition) is 3.